The number of nitrogens with one attached hydrogen (secondary N) is 1. The minimum Gasteiger partial charge on any atom is -0.350 e. The minimum atomic E-state index is -0.276. The maximum Gasteiger partial charge on any atom is 0.222 e. The maximum absolute atomic E-state index is 13.0. The van der Waals surface area contributed by atoms with Gasteiger partial charge in [0.05, 0.1) is 17.4 Å². The van der Waals surface area contributed by atoms with E-state index in [4.69, 9.17) is 11.6 Å². The van der Waals surface area contributed by atoms with E-state index in [1.165, 1.54) is 24.5 Å². The van der Waals surface area contributed by atoms with Gasteiger partial charge < -0.3 is 5.32 Å². The lowest BCUT2D eigenvalue weighted by Crippen LogP contribution is -2.04. The molecule has 2 rings (SSSR count). The normalized spacial score (nSPS) is 10.3. The largest absolute Gasteiger partial charge is 0.350 e. The van der Waals surface area contributed by atoms with Crippen LogP contribution in [0.3, 0.4) is 0 Å². The Bertz CT molecular complexity index is 519. The van der Waals surface area contributed by atoms with Crippen LogP contribution in [0.1, 0.15) is 5.56 Å². The van der Waals surface area contributed by atoms with Gasteiger partial charge in [-0.05, 0) is 23.8 Å². The monoisotopic (exact) mass is 315 g/mol. The Labute approximate surface area is 111 Å². The molecule has 6 heteroatoms. The SMILES string of the molecule is Fc1ccc(Br)c(CNc2ncc(Cl)cn2)c1. The van der Waals surface area contributed by atoms with Crippen LogP contribution in [0.5, 0.6) is 0 Å². The van der Waals surface area contributed by atoms with Gasteiger partial charge in [0.2, 0.25) is 5.95 Å². The molecule has 17 heavy (non-hydrogen) atoms. The zero-order valence-electron chi connectivity index (χ0n) is 8.62. The van der Waals surface area contributed by atoms with Gasteiger partial charge in [-0.3, -0.25) is 0 Å². The van der Waals surface area contributed by atoms with Gasteiger partial charge in [0.25, 0.3) is 0 Å². The highest BCUT2D eigenvalue weighted by Crippen LogP contribution is 2.18. The fraction of sp³-hybridized carbons (Fsp3) is 0.0909. The van der Waals surface area contributed by atoms with E-state index in [-0.39, 0.29) is 5.82 Å². The van der Waals surface area contributed by atoms with Gasteiger partial charge in [-0.25, -0.2) is 14.4 Å². The van der Waals surface area contributed by atoms with E-state index >= 15 is 0 Å². The summed E-state index contributed by atoms with van der Waals surface area (Å²) in [5.41, 5.74) is 0.795. The molecule has 0 aliphatic heterocycles. The van der Waals surface area contributed by atoms with Gasteiger partial charge in [-0.2, -0.15) is 0 Å². The number of hydrogen-bond donors (Lipinski definition) is 1. The van der Waals surface area contributed by atoms with Gasteiger partial charge in [0.15, 0.2) is 0 Å². The topological polar surface area (TPSA) is 37.8 Å². The molecular weight excluding hydrogens is 308 g/mol. The highest BCUT2D eigenvalue weighted by molar-refractivity contribution is 9.10. The van der Waals surface area contributed by atoms with Crippen LogP contribution in [-0.4, -0.2) is 9.97 Å². The van der Waals surface area contributed by atoms with Gasteiger partial charge in [-0.15, -0.1) is 0 Å². The van der Waals surface area contributed by atoms with Crippen molar-refractivity contribution in [3.05, 3.63) is 51.5 Å². The van der Waals surface area contributed by atoms with Crippen molar-refractivity contribution in [2.45, 2.75) is 6.54 Å². The molecule has 0 aliphatic carbocycles. The van der Waals surface area contributed by atoms with E-state index < -0.39 is 0 Å². The first-order valence-electron chi connectivity index (χ1n) is 4.80. The molecule has 0 saturated carbocycles. The van der Waals surface area contributed by atoms with Crippen LogP contribution < -0.4 is 5.32 Å². The van der Waals surface area contributed by atoms with Crippen molar-refractivity contribution in [1.29, 1.82) is 0 Å². The molecule has 1 aromatic carbocycles. The fourth-order valence-corrected chi connectivity index (χ4v) is 1.74. The average molecular weight is 317 g/mol. The van der Waals surface area contributed by atoms with Crippen LogP contribution >= 0.6 is 27.5 Å². The summed E-state index contributed by atoms with van der Waals surface area (Å²) in [6.07, 6.45) is 3.00. The second-order valence-electron chi connectivity index (χ2n) is 3.31. The molecule has 0 radical (unpaired) electrons. The van der Waals surface area contributed by atoms with E-state index in [0.29, 0.717) is 17.5 Å². The molecule has 0 bridgehead atoms. The predicted octanol–water partition coefficient (Wildman–Crippen LogP) is 3.64. The third-order valence-electron chi connectivity index (χ3n) is 2.07. The summed E-state index contributed by atoms with van der Waals surface area (Å²) in [6, 6.07) is 4.51. The van der Waals surface area contributed by atoms with Crippen molar-refractivity contribution in [3.63, 3.8) is 0 Å². The summed E-state index contributed by atoms with van der Waals surface area (Å²) in [7, 11) is 0. The Hall–Kier alpha value is -1.20. The second kappa shape index (κ2) is 5.42. The van der Waals surface area contributed by atoms with Crippen molar-refractivity contribution < 1.29 is 4.39 Å². The van der Waals surface area contributed by atoms with Crippen molar-refractivity contribution in [2.75, 3.05) is 5.32 Å². The van der Waals surface area contributed by atoms with Crippen molar-refractivity contribution in [2.24, 2.45) is 0 Å². The van der Waals surface area contributed by atoms with Gasteiger partial charge >= 0.3 is 0 Å². The van der Waals surface area contributed by atoms with Crippen LogP contribution in [0, 0.1) is 5.82 Å². The second-order valence-corrected chi connectivity index (χ2v) is 4.60. The summed E-state index contributed by atoms with van der Waals surface area (Å²) in [5.74, 6) is 0.174. The molecule has 0 spiro atoms. The lowest BCUT2D eigenvalue weighted by atomic mass is 10.2. The molecule has 0 atom stereocenters. The number of nitrogens with zero attached hydrogens (tertiary/aromatic N) is 2. The minimum absolute atomic E-state index is 0.276. The van der Waals surface area contributed by atoms with Crippen molar-refractivity contribution in [1.82, 2.24) is 9.97 Å². The number of aromatic nitrogens is 2. The third-order valence-corrected chi connectivity index (χ3v) is 3.03. The Kier molecular flexibility index (Phi) is 3.91. The Morgan fingerprint density at radius 3 is 2.71 bits per heavy atom. The average Bonchev–Trinajstić information content (AvgIpc) is 2.32. The highest BCUT2D eigenvalue weighted by atomic mass is 79.9. The van der Waals surface area contributed by atoms with Crippen LogP contribution in [0.15, 0.2) is 35.1 Å². The highest BCUT2D eigenvalue weighted by Gasteiger charge is 2.02. The third kappa shape index (κ3) is 3.38. The smallest absolute Gasteiger partial charge is 0.222 e. The lowest BCUT2D eigenvalue weighted by Gasteiger charge is -2.06. The molecule has 1 aromatic heterocycles. The molecule has 0 amide bonds. The number of halogens is 3. The molecule has 3 nitrogen and oxygen atoms in total. The number of benzene rings is 1. The van der Waals surface area contributed by atoms with E-state index in [9.17, 15) is 4.39 Å². The zero-order chi connectivity index (χ0) is 12.3. The zero-order valence-corrected chi connectivity index (χ0v) is 11.0. The van der Waals surface area contributed by atoms with Crippen LogP contribution in [0.4, 0.5) is 10.3 Å². The van der Waals surface area contributed by atoms with Crippen molar-refractivity contribution in [3.8, 4) is 0 Å². The molecule has 0 fully saturated rings. The Morgan fingerprint density at radius 2 is 2.00 bits per heavy atom. The van der Waals surface area contributed by atoms with E-state index in [1.807, 2.05) is 0 Å². The summed E-state index contributed by atoms with van der Waals surface area (Å²) in [6.45, 7) is 0.431. The van der Waals surface area contributed by atoms with Crippen LogP contribution in [-0.2, 0) is 6.54 Å². The van der Waals surface area contributed by atoms with Crippen molar-refractivity contribution >= 4 is 33.5 Å². The molecule has 0 unspecified atom stereocenters. The molecule has 88 valence electrons. The quantitative estimate of drug-likeness (QED) is 0.939. The predicted molar refractivity (Wildman–Crippen MR) is 68.5 cm³/mol. The molecular formula is C11H8BrClFN3. The summed E-state index contributed by atoms with van der Waals surface area (Å²) < 4.78 is 13.9. The lowest BCUT2D eigenvalue weighted by molar-refractivity contribution is 0.625. The standard InChI is InChI=1S/C11H8BrClFN3/c12-10-2-1-9(14)3-7(10)4-15-11-16-5-8(13)6-17-11/h1-3,5-6H,4H2,(H,15,16,17). The number of rotatable bonds is 3. The fourth-order valence-electron chi connectivity index (χ4n) is 1.26. The van der Waals surface area contributed by atoms with E-state index in [2.05, 4.69) is 31.2 Å². The first-order chi connectivity index (χ1) is 8.15. The summed E-state index contributed by atoms with van der Waals surface area (Å²) in [4.78, 5) is 7.96. The molecule has 0 saturated heterocycles. The molecule has 1 N–H and O–H groups in total. The molecule has 0 aliphatic rings. The van der Waals surface area contributed by atoms with E-state index in [0.717, 1.165) is 10.0 Å². The molecule has 2 aromatic rings. The summed E-state index contributed by atoms with van der Waals surface area (Å²) >= 11 is 9.01. The first kappa shape index (κ1) is 12.3. The number of anilines is 1. The van der Waals surface area contributed by atoms with Gasteiger partial charge in [0.1, 0.15) is 5.82 Å². The first-order valence-corrected chi connectivity index (χ1v) is 5.97. The number of hydrogen-bond acceptors (Lipinski definition) is 3. The Morgan fingerprint density at radius 1 is 1.29 bits per heavy atom. The van der Waals surface area contributed by atoms with Crippen LogP contribution in [0.2, 0.25) is 5.02 Å². The summed E-state index contributed by atoms with van der Waals surface area (Å²) in [5, 5.41) is 3.45. The van der Waals surface area contributed by atoms with Gasteiger partial charge in [0, 0.05) is 11.0 Å². The van der Waals surface area contributed by atoms with E-state index in [1.54, 1.807) is 6.07 Å². The van der Waals surface area contributed by atoms with Crippen LogP contribution in [0.25, 0.3) is 0 Å². The Balaban J connectivity index is 2.07. The van der Waals surface area contributed by atoms with Gasteiger partial charge in [-0.1, -0.05) is 27.5 Å². The molecule has 1 heterocycles. The maximum atomic E-state index is 13.0.